The highest BCUT2D eigenvalue weighted by molar-refractivity contribution is 7.15. The molecule has 2 atom stereocenters. The number of β-amino-alcohol motifs (C(OH)–C–C–N with tert-alkyl or cyclic N) is 1. The molecule has 176 valence electrons. The number of carbonyl (C=O) groups excluding carboxylic acids is 1. The highest BCUT2D eigenvalue weighted by Crippen LogP contribution is 2.40. The minimum atomic E-state index is -0.410. The highest BCUT2D eigenvalue weighted by Gasteiger charge is 2.33. The summed E-state index contributed by atoms with van der Waals surface area (Å²) < 4.78 is 5.86. The molecule has 3 aliphatic rings. The van der Waals surface area contributed by atoms with Crippen LogP contribution < -0.4 is 5.32 Å². The zero-order chi connectivity index (χ0) is 23.8. The van der Waals surface area contributed by atoms with E-state index >= 15 is 0 Å². The number of urea groups is 1. The van der Waals surface area contributed by atoms with Crippen LogP contribution in [-0.2, 0) is 11.2 Å². The first-order chi connectivity index (χ1) is 16.4. The standard InChI is InChI=1S/C25H27N5O3S/c1-14(2)33-22-9-6-15(10-16(22)11-26)23-28-29-24(34-23)20-5-3-4-19-18(20)7-8-21(19)27-25(32)30-12-17(31)13-30/h3-6,10,14,17,21-22,31H,7-9,12-13H2,1-2H3,(H,27,32)/t21-,22?/m0/s1. The molecule has 2 heterocycles. The van der Waals surface area contributed by atoms with Gasteiger partial charge in [-0.2, -0.15) is 5.26 Å². The van der Waals surface area contributed by atoms with E-state index in [0.29, 0.717) is 25.1 Å². The Balaban J connectivity index is 1.34. The Morgan fingerprint density at radius 2 is 2.12 bits per heavy atom. The number of nitrogens with one attached hydrogen (secondary N) is 1. The van der Waals surface area contributed by atoms with Crippen LogP contribution in [0.25, 0.3) is 16.1 Å². The van der Waals surface area contributed by atoms with E-state index in [2.05, 4.69) is 39.8 Å². The number of aliphatic hydroxyl groups excluding tert-OH is 1. The lowest BCUT2D eigenvalue weighted by molar-refractivity contribution is 0.0257. The molecule has 1 aromatic carbocycles. The summed E-state index contributed by atoms with van der Waals surface area (Å²) >= 11 is 1.51. The number of amides is 2. The van der Waals surface area contributed by atoms with E-state index in [-0.39, 0.29) is 24.3 Å². The Morgan fingerprint density at radius 1 is 1.32 bits per heavy atom. The van der Waals surface area contributed by atoms with Crippen LogP contribution in [0.3, 0.4) is 0 Å². The minimum Gasteiger partial charge on any atom is -0.389 e. The number of ether oxygens (including phenoxy) is 1. The zero-order valence-electron chi connectivity index (χ0n) is 19.2. The fourth-order valence-electron chi connectivity index (χ4n) is 4.71. The third kappa shape index (κ3) is 4.37. The van der Waals surface area contributed by atoms with E-state index < -0.39 is 6.10 Å². The fourth-order valence-corrected chi connectivity index (χ4v) is 5.61. The van der Waals surface area contributed by atoms with E-state index in [4.69, 9.17) is 4.74 Å². The number of benzene rings is 1. The summed E-state index contributed by atoms with van der Waals surface area (Å²) in [5.41, 5.74) is 4.85. The van der Waals surface area contributed by atoms with Crippen LogP contribution in [0.15, 0.2) is 35.9 Å². The summed E-state index contributed by atoms with van der Waals surface area (Å²) in [7, 11) is 0. The number of hydrogen-bond donors (Lipinski definition) is 2. The summed E-state index contributed by atoms with van der Waals surface area (Å²) in [5.74, 6) is 0. The summed E-state index contributed by atoms with van der Waals surface area (Å²) in [6, 6.07) is 8.20. The van der Waals surface area contributed by atoms with Gasteiger partial charge in [0.25, 0.3) is 0 Å². The van der Waals surface area contributed by atoms with Crippen molar-refractivity contribution in [3.8, 4) is 16.6 Å². The molecule has 1 saturated heterocycles. The molecule has 1 unspecified atom stereocenters. The van der Waals surface area contributed by atoms with E-state index in [0.717, 1.165) is 39.6 Å². The van der Waals surface area contributed by atoms with Gasteiger partial charge in [-0.3, -0.25) is 0 Å². The number of hydrogen-bond acceptors (Lipinski definition) is 7. The molecule has 1 aliphatic heterocycles. The van der Waals surface area contributed by atoms with Crippen molar-refractivity contribution in [3.05, 3.63) is 52.1 Å². The molecule has 34 heavy (non-hydrogen) atoms. The van der Waals surface area contributed by atoms with E-state index in [1.165, 1.54) is 16.9 Å². The molecule has 8 nitrogen and oxygen atoms in total. The van der Waals surface area contributed by atoms with Crippen LogP contribution in [0.4, 0.5) is 4.79 Å². The molecule has 0 bridgehead atoms. The van der Waals surface area contributed by atoms with Gasteiger partial charge in [0.05, 0.1) is 49.1 Å². The number of allylic oxidation sites excluding steroid dienone is 2. The first kappa shape index (κ1) is 22.7. The minimum absolute atomic E-state index is 0.0485. The van der Waals surface area contributed by atoms with Crippen molar-refractivity contribution >= 4 is 22.9 Å². The maximum atomic E-state index is 12.4. The highest BCUT2D eigenvalue weighted by atomic mass is 32.1. The van der Waals surface area contributed by atoms with Crippen molar-refractivity contribution in [1.82, 2.24) is 20.4 Å². The van der Waals surface area contributed by atoms with Crippen molar-refractivity contribution in [1.29, 1.82) is 5.26 Å². The first-order valence-corrected chi connectivity index (χ1v) is 12.4. The van der Waals surface area contributed by atoms with Gasteiger partial charge in [0.1, 0.15) is 10.0 Å². The van der Waals surface area contributed by atoms with Crippen LogP contribution in [-0.4, -0.2) is 57.6 Å². The van der Waals surface area contributed by atoms with Gasteiger partial charge in [0.15, 0.2) is 0 Å². The molecule has 5 rings (SSSR count). The van der Waals surface area contributed by atoms with Crippen LogP contribution in [0, 0.1) is 11.3 Å². The lowest BCUT2D eigenvalue weighted by Crippen LogP contribution is -2.57. The number of aliphatic hydroxyl groups is 1. The maximum absolute atomic E-state index is 12.4. The molecule has 2 aromatic rings. The van der Waals surface area contributed by atoms with Gasteiger partial charge >= 0.3 is 6.03 Å². The van der Waals surface area contributed by atoms with Gasteiger partial charge in [-0.25, -0.2) is 4.79 Å². The van der Waals surface area contributed by atoms with Gasteiger partial charge in [-0.05, 0) is 50.3 Å². The van der Waals surface area contributed by atoms with Crippen LogP contribution in [0.5, 0.6) is 0 Å². The number of aromatic nitrogens is 2. The molecule has 1 aromatic heterocycles. The molecule has 1 fully saturated rings. The average molecular weight is 478 g/mol. The number of likely N-dealkylation sites (tertiary alicyclic amines) is 1. The predicted octanol–water partition coefficient (Wildman–Crippen LogP) is 3.61. The van der Waals surface area contributed by atoms with Gasteiger partial charge < -0.3 is 20.1 Å². The predicted molar refractivity (Wildman–Crippen MR) is 129 cm³/mol. The van der Waals surface area contributed by atoms with Crippen LogP contribution in [0.2, 0.25) is 0 Å². The lowest BCUT2D eigenvalue weighted by Gasteiger charge is -2.36. The average Bonchev–Trinajstić information content (AvgIpc) is 3.44. The first-order valence-electron chi connectivity index (χ1n) is 11.6. The third-order valence-corrected chi connectivity index (χ3v) is 7.40. The molecule has 0 saturated carbocycles. The SMILES string of the molecule is CC(C)OC1CC=C(c2nnc(-c3cccc4c3CC[C@@H]4NC(=O)N3CC(O)C3)s2)C=C1C#N. The monoisotopic (exact) mass is 477 g/mol. The maximum Gasteiger partial charge on any atom is 0.318 e. The molecule has 2 N–H and O–H groups in total. The molecule has 9 heteroatoms. The van der Waals surface area contributed by atoms with Gasteiger partial charge in [-0.15, -0.1) is 10.2 Å². The second kappa shape index (κ2) is 9.29. The Kier molecular flexibility index (Phi) is 6.21. The van der Waals surface area contributed by atoms with Gasteiger partial charge in [-0.1, -0.05) is 35.6 Å². The largest absolute Gasteiger partial charge is 0.389 e. The molecule has 2 amide bonds. The number of carbonyl (C=O) groups is 1. The van der Waals surface area contributed by atoms with Crippen molar-refractivity contribution in [3.63, 3.8) is 0 Å². The summed E-state index contributed by atoms with van der Waals surface area (Å²) in [6.07, 6.45) is 5.66. The second-order valence-electron chi connectivity index (χ2n) is 9.17. The topological polar surface area (TPSA) is 111 Å². The van der Waals surface area contributed by atoms with E-state index in [1.807, 2.05) is 26.0 Å². The summed E-state index contributed by atoms with van der Waals surface area (Å²) in [6.45, 7) is 4.71. The van der Waals surface area contributed by atoms with Crippen molar-refractivity contribution in [2.45, 2.75) is 57.5 Å². The van der Waals surface area contributed by atoms with Gasteiger partial charge in [0, 0.05) is 11.1 Å². The van der Waals surface area contributed by atoms with Crippen LogP contribution in [0.1, 0.15) is 48.9 Å². The summed E-state index contributed by atoms with van der Waals surface area (Å²) in [4.78, 5) is 14.1. The molecular formula is C25H27N5O3S. The van der Waals surface area contributed by atoms with Crippen molar-refractivity contribution < 1.29 is 14.6 Å². The summed E-state index contributed by atoms with van der Waals surface area (Å²) in [5, 5.41) is 32.6. The van der Waals surface area contributed by atoms with E-state index in [1.54, 1.807) is 4.90 Å². The normalized spacial score (nSPS) is 22.0. The fraction of sp³-hybridized carbons (Fsp3) is 0.440. The number of nitrogens with zero attached hydrogens (tertiary/aromatic N) is 4. The molecule has 2 aliphatic carbocycles. The molecular weight excluding hydrogens is 450 g/mol. The van der Waals surface area contributed by atoms with Crippen molar-refractivity contribution in [2.24, 2.45) is 0 Å². The smallest absolute Gasteiger partial charge is 0.318 e. The number of fused-ring (bicyclic) bond motifs is 1. The Hall–Kier alpha value is -3.06. The molecule has 0 spiro atoms. The second-order valence-corrected chi connectivity index (χ2v) is 10.1. The van der Waals surface area contributed by atoms with Crippen LogP contribution >= 0.6 is 11.3 Å². The Labute approximate surface area is 202 Å². The molecule has 0 radical (unpaired) electrons. The van der Waals surface area contributed by atoms with Gasteiger partial charge in [0.2, 0.25) is 0 Å². The lowest BCUT2D eigenvalue weighted by atomic mass is 9.97. The number of nitriles is 1. The quantitative estimate of drug-likeness (QED) is 0.681. The van der Waals surface area contributed by atoms with E-state index in [9.17, 15) is 15.2 Å². The Morgan fingerprint density at radius 3 is 2.85 bits per heavy atom. The zero-order valence-corrected chi connectivity index (χ0v) is 20.0. The Bertz CT molecular complexity index is 1210. The number of rotatable bonds is 5. The van der Waals surface area contributed by atoms with Crippen molar-refractivity contribution in [2.75, 3.05) is 13.1 Å². The third-order valence-electron chi connectivity index (χ3n) is 6.40.